The Morgan fingerprint density at radius 1 is 1.35 bits per heavy atom. The summed E-state index contributed by atoms with van der Waals surface area (Å²) in [4.78, 5) is 12.1. The Morgan fingerprint density at radius 3 is 2.91 bits per heavy atom. The van der Waals surface area contributed by atoms with Gasteiger partial charge in [0.1, 0.15) is 11.5 Å². The van der Waals surface area contributed by atoms with Crippen LogP contribution in [0.1, 0.15) is 16.1 Å². The summed E-state index contributed by atoms with van der Waals surface area (Å²) in [6, 6.07) is 10.6. The zero-order valence-electron chi connectivity index (χ0n) is 12.2. The lowest BCUT2D eigenvalue weighted by Gasteiger charge is -2.04. The minimum Gasteiger partial charge on any atom is -0.467 e. The summed E-state index contributed by atoms with van der Waals surface area (Å²) < 4.78 is 15.3. The van der Waals surface area contributed by atoms with Crippen molar-refractivity contribution in [3.8, 4) is 11.3 Å². The molecule has 0 saturated heterocycles. The van der Waals surface area contributed by atoms with Gasteiger partial charge in [-0.25, -0.2) is 4.79 Å². The van der Waals surface area contributed by atoms with Gasteiger partial charge in [-0.1, -0.05) is 28.9 Å². The van der Waals surface area contributed by atoms with Crippen LogP contribution in [0.3, 0.4) is 0 Å². The largest absolute Gasteiger partial charge is 0.467 e. The van der Waals surface area contributed by atoms with Crippen molar-refractivity contribution in [2.45, 2.75) is 6.54 Å². The average molecular weight is 333 g/mol. The summed E-state index contributed by atoms with van der Waals surface area (Å²) in [6.45, 7) is 0.348. The van der Waals surface area contributed by atoms with Crippen LogP contribution in [-0.2, 0) is 11.3 Å². The molecule has 0 aliphatic carbocycles. The Labute approximate surface area is 137 Å². The van der Waals surface area contributed by atoms with Crippen LogP contribution in [0.15, 0.2) is 51.6 Å². The van der Waals surface area contributed by atoms with E-state index in [1.807, 2.05) is 0 Å². The molecule has 2 heterocycles. The van der Waals surface area contributed by atoms with Gasteiger partial charge in [0.25, 0.3) is 0 Å². The first-order chi connectivity index (χ1) is 11.2. The molecule has 6 nitrogen and oxygen atoms in total. The number of furan rings is 1. The number of carbonyl (C=O) groups is 1. The number of esters is 1. The minimum absolute atomic E-state index is 0.210. The normalized spacial score (nSPS) is 10.5. The van der Waals surface area contributed by atoms with Crippen molar-refractivity contribution in [3.63, 3.8) is 0 Å². The number of hydrogen-bond acceptors (Lipinski definition) is 6. The molecular weight excluding hydrogens is 320 g/mol. The van der Waals surface area contributed by atoms with Crippen LogP contribution in [0.4, 0.5) is 5.88 Å². The number of halogens is 1. The average Bonchev–Trinajstić information content (AvgIpc) is 3.21. The Bertz CT molecular complexity index is 811. The standard InChI is InChI=1S/C16H13ClN2O4/c1-21-16(20)13-14(10-4-2-5-11(17)8-10)19-23-15(13)18-9-12-6-3-7-22-12/h2-8,18H,9H2,1H3. The molecule has 0 fully saturated rings. The van der Waals surface area contributed by atoms with E-state index in [1.165, 1.54) is 7.11 Å². The maximum atomic E-state index is 12.1. The third-order valence-electron chi connectivity index (χ3n) is 3.18. The lowest BCUT2D eigenvalue weighted by molar-refractivity contribution is 0.0602. The number of hydrogen-bond donors (Lipinski definition) is 1. The number of benzene rings is 1. The smallest absolute Gasteiger partial charge is 0.345 e. The lowest BCUT2D eigenvalue weighted by Crippen LogP contribution is -2.07. The van der Waals surface area contributed by atoms with Gasteiger partial charge in [-0.05, 0) is 24.3 Å². The molecule has 0 bridgehead atoms. The first-order valence-electron chi connectivity index (χ1n) is 6.79. The van der Waals surface area contributed by atoms with E-state index >= 15 is 0 Å². The number of anilines is 1. The molecule has 0 unspecified atom stereocenters. The predicted molar refractivity (Wildman–Crippen MR) is 84.3 cm³/mol. The first-order valence-corrected chi connectivity index (χ1v) is 7.17. The van der Waals surface area contributed by atoms with E-state index in [1.54, 1.807) is 42.7 Å². The molecule has 0 aliphatic heterocycles. The molecule has 0 spiro atoms. The number of ether oxygens (including phenoxy) is 1. The molecule has 0 atom stereocenters. The Hall–Kier alpha value is -2.73. The van der Waals surface area contributed by atoms with Gasteiger partial charge in [0.2, 0.25) is 5.88 Å². The number of carbonyl (C=O) groups excluding carboxylic acids is 1. The van der Waals surface area contributed by atoms with Crippen LogP contribution in [0.25, 0.3) is 11.3 Å². The highest BCUT2D eigenvalue weighted by molar-refractivity contribution is 6.30. The topological polar surface area (TPSA) is 77.5 Å². The summed E-state index contributed by atoms with van der Waals surface area (Å²) in [5, 5.41) is 7.48. The van der Waals surface area contributed by atoms with Gasteiger partial charge < -0.3 is 19.0 Å². The van der Waals surface area contributed by atoms with Crippen LogP contribution in [0.5, 0.6) is 0 Å². The van der Waals surface area contributed by atoms with Crippen LogP contribution < -0.4 is 5.32 Å². The third kappa shape index (κ3) is 3.22. The zero-order valence-corrected chi connectivity index (χ0v) is 13.0. The summed E-state index contributed by atoms with van der Waals surface area (Å²) in [5.74, 6) is 0.355. The van der Waals surface area contributed by atoms with Gasteiger partial charge >= 0.3 is 5.97 Å². The van der Waals surface area contributed by atoms with E-state index in [4.69, 9.17) is 25.3 Å². The zero-order chi connectivity index (χ0) is 16.2. The van der Waals surface area contributed by atoms with Crippen LogP contribution >= 0.6 is 11.6 Å². The number of rotatable bonds is 5. The summed E-state index contributed by atoms with van der Waals surface area (Å²) in [7, 11) is 1.30. The van der Waals surface area contributed by atoms with Crippen LogP contribution in [0, 0.1) is 0 Å². The monoisotopic (exact) mass is 332 g/mol. The van der Waals surface area contributed by atoms with Crippen molar-refractivity contribution in [3.05, 3.63) is 59.0 Å². The van der Waals surface area contributed by atoms with E-state index in [9.17, 15) is 4.79 Å². The number of nitrogens with zero attached hydrogens (tertiary/aromatic N) is 1. The van der Waals surface area contributed by atoms with Gasteiger partial charge in [0, 0.05) is 10.6 Å². The first kappa shape index (κ1) is 15.2. The predicted octanol–water partition coefficient (Wildman–Crippen LogP) is 3.99. The second kappa shape index (κ2) is 6.58. The number of aromatic nitrogens is 1. The van der Waals surface area contributed by atoms with E-state index < -0.39 is 5.97 Å². The molecule has 0 saturated carbocycles. The van der Waals surface area contributed by atoms with Gasteiger partial charge in [-0.3, -0.25) is 0 Å². The molecular formula is C16H13ClN2O4. The fourth-order valence-electron chi connectivity index (χ4n) is 2.12. The molecule has 0 amide bonds. The van der Waals surface area contributed by atoms with Crippen molar-refractivity contribution in [1.82, 2.24) is 5.16 Å². The Balaban J connectivity index is 1.95. The van der Waals surface area contributed by atoms with E-state index in [2.05, 4.69) is 10.5 Å². The summed E-state index contributed by atoms with van der Waals surface area (Å²) >= 11 is 5.99. The maximum absolute atomic E-state index is 12.1. The highest BCUT2D eigenvalue weighted by atomic mass is 35.5. The molecule has 3 rings (SSSR count). The van der Waals surface area contributed by atoms with Crippen molar-refractivity contribution in [2.75, 3.05) is 12.4 Å². The molecule has 0 aliphatic rings. The number of nitrogens with one attached hydrogen (secondary N) is 1. The van der Waals surface area contributed by atoms with E-state index in [-0.39, 0.29) is 11.4 Å². The van der Waals surface area contributed by atoms with Gasteiger partial charge in [0.15, 0.2) is 5.56 Å². The molecule has 1 aromatic carbocycles. The Kier molecular flexibility index (Phi) is 4.34. The second-order valence-electron chi connectivity index (χ2n) is 4.67. The van der Waals surface area contributed by atoms with Crippen molar-refractivity contribution in [1.29, 1.82) is 0 Å². The van der Waals surface area contributed by atoms with Crippen LogP contribution in [0.2, 0.25) is 5.02 Å². The third-order valence-corrected chi connectivity index (χ3v) is 3.42. The highest BCUT2D eigenvalue weighted by Crippen LogP contribution is 2.31. The molecule has 1 N–H and O–H groups in total. The molecule has 7 heteroatoms. The van der Waals surface area contributed by atoms with Gasteiger partial charge in [-0.2, -0.15) is 0 Å². The molecule has 0 radical (unpaired) electrons. The van der Waals surface area contributed by atoms with Gasteiger partial charge in [-0.15, -0.1) is 0 Å². The molecule has 23 heavy (non-hydrogen) atoms. The fraction of sp³-hybridized carbons (Fsp3) is 0.125. The minimum atomic E-state index is -0.553. The van der Waals surface area contributed by atoms with Crippen LogP contribution in [-0.4, -0.2) is 18.2 Å². The summed E-state index contributed by atoms with van der Waals surface area (Å²) in [5.41, 5.74) is 1.23. The van der Waals surface area contributed by atoms with Crippen molar-refractivity contribution < 1.29 is 18.5 Å². The molecule has 3 aromatic rings. The van der Waals surface area contributed by atoms with Gasteiger partial charge in [0.05, 0.1) is 19.9 Å². The summed E-state index contributed by atoms with van der Waals surface area (Å²) in [6.07, 6.45) is 1.57. The van der Waals surface area contributed by atoms with E-state index in [0.717, 1.165) is 0 Å². The SMILES string of the molecule is COC(=O)c1c(-c2cccc(Cl)c2)noc1NCc1ccco1. The highest BCUT2D eigenvalue weighted by Gasteiger charge is 2.25. The molecule has 2 aromatic heterocycles. The lowest BCUT2D eigenvalue weighted by atomic mass is 10.1. The van der Waals surface area contributed by atoms with Crippen molar-refractivity contribution in [2.24, 2.45) is 0 Å². The van der Waals surface area contributed by atoms with Crippen molar-refractivity contribution >= 4 is 23.5 Å². The quantitative estimate of drug-likeness (QED) is 0.712. The molecule has 118 valence electrons. The number of methoxy groups -OCH3 is 1. The Morgan fingerprint density at radius 2 is 2.22 bits per heavy atom. The fourth-order valence-corrected chi connectivity index (χ4v) is 2.31. The maximum Gasteiger partial charge on any atom is 0.345 e. The second-order valence-corrected chi connectivity index (χ2v) is 5.11. The van der Waals surface area contributed by atoms with E-state index in [0.29, 0.717) is 28.6 Å².